The van der Waals surface area contributed by atoms with E-state index in [0.29, 0.717) is 18.7 Å². The van der Waals surface area contributed by atoms with E-state index in [1.165, 1.54) is 16.2 Å². The van der Waals surface area contributed by atoms with Crippen molar-refractivity contribution in [3.63, 3.8) is 0 Å². The predicted octanol–water partition coefficient (Wildman–Crippen LogP) is 2.69. The Hall–Kier alpha value is -1.04. The average Bonchev–Trinajstić information content (AvgIpc) is 2.98. The molecule has 0 atom stereocenters. The Bertz CT molecular complexity index is 531. The van der Waals surface area contributed by atoms with Crippen molar-refractivity contribution in [1.82, 2.24) is 4.98 Å². The molecule has 0 aliphatic rings. The minimum Gasteiger partial charge on any atom is -0.330 e. The third kappa shape index (κ3) is 3.25. The maximum absolute atomic E-state index is 12.0. The first-order valence-corrected chi connectivity index (χ1v) is 7.67. The van der Waals surface area contributed by atoms with Gasteiger partial charge in [0.25, 0.3) is 0 Å². The monoisotopic (exact) mass is 280 g/mol. The molecule has 0 fully saturated rings. The molecule has 0 bridgehead atoms. The zero-order valence-corrected chi connectivity index (χ0v) is 11.9. The Labute approximate surface area is 115 Å². The van der Waals surface area contributed by atoms with Gasteiger partial charge in [0, 0.05) is 28.0 Å². The van der Waals surface area contributed by atoms with Crippen LogP contribution >= 0.6 is 22.7 Å². The Morgan fingerprint density at radius 1 is 1.39 bits per heavy atom. The highest BCUT2D eigenvalue weighted by Gasteiger charge is 2.12. The molecule has 2 aromatic rings. The van der Waals surface area contributed by atoms with E-state index < -0.39 is 0 Å². The smallest absolute Gasteiger partial charge is 0.187 e. The molecule has 0 unspecified atom stereocenters. The van der Waals surface area contributed by atoms with E-state index in [1.54, 1.807) is 11.3 Å². The Kier molecular flexibility index (Phi) is 4.63. The van der Waals surface area contributed by atoms with Gasteiger partial charge in [0.1, 0.15) is 5.69 Å². The minimum atomic E-state index is 0.0963. The summed E-state index contributed by atoms with van der Waals surface area (Å²) in [4.78, 5) is 18.8. The zero-order chi connectivity index (χ0) is 13.0. The highest BCUT2D eigenvalue weighted by Crippen LogP contribution is 2.19. The van der Waals surface area contributed by atoms with Crippen molar-refractivity contribution in [2.45, 2.75) is 26.2 Å². The molecule has 2 N–H and O–H groups in total. The lowest BCUT2D eigenvalue weighted by Crippen LogP contribution is -2.05. The summed E-state index contributed by atoms with van der Waals surface area (Å²) in [6.45, 7) is 2.70. The summed E-state index contributed by atoms with van der Waals surface area (Å²) in [6, 6.07) is 4.13. The molecule has 5 heteroatoms. The lowest BCUT2D eigenvalue weighted by Gasteiger charge is -1.94. The van der Waals surface area contributed by atoms with Gasteiger partial charge < -0.3 is 5.73 Å². The number of carbonyl (C=O) groups is 1. The third-order valence-electron chi connectivity index (χ3n) is 2.60. The molecule has 0 aliphatic carbocycles. The van der Waals surface area contributed by atoms with Gasteiger partial charge in [-0.1, -0.05) is 6.92 Å². The van der Waals surface area contributed by atoms with E-state index in [2.05, 4.69) is 18.0 Å². The number of nitrogens with two attached hydrogens (primary N) is 1. The molecule has 0 aromatic carbocycles. The summed E-state index contributed by atoms with van der Waals surface area (Å²) in [7, 11) is 0. The molecular formula is C13H16N2OS2. The molecule has 0 spiro atoms. The molecule has 2 rings (SSSR count). The Morgan fingerprint density at radius 3 is 2.83 bits per heavy atom. The van der Waals surface area contributed by atoms with Gasteiger partial charge in [-0.15, -0.1) is 22.7 Å². The maximum atomic E-state index is 12.0. The molecule has 3 nitrogen and oxygen atoms in total. The Morgan fingerprint density at radius 2 is 2.17 bits per heavy atom. The van der Waals surface area contributed by atoms with Crippen LogP contribution in [-0.2, 0) is 19.3 Å². The van der Waals surface area contributed by atoms with Crippen molar-refractivity contribution in [3.05, 3.63) is 38.0 Å². The van der Waals surface area contributed by atoms with Gasteiger partial charge in [0.15, 0.2) is 5.78 Å². The molecule has 2 heterocycles. The fourth-order valence-corrected chi connectivity index (χ4v) is 3.41. The van der Waals surface area contributed by atoms with Crippen molar-refractivity contribution in [1.29, 1.82) is 0 Å². The van der Waals surface area contributed by atoms with Gasteiger partial charge in [-0.2, -0.15) is 0 Å². The van der Waals surface area contributed by atoms with Gasteiger partial charge in [0.05, 0.1) is 5.01 Å². The first-order chi connectivity index (χ1) is 8.72. The number of aryl methyl sites for hydroxylation is 1. The van der Waals surface area contributed by atoms with E-state index in [1.807, 2.05) is 11.4 Å². The van der Waals surface area contributed by atoms with Crippen LogP contribution in [0.25, 0.3) is 0 Å². The lowest BCUT2D eigenvalue weighted by molar-refractivity contribution is 0.0989. The number of hydrogen-bond donors (Lipinski definition) is 1. The van der Waals surface area contributed by atoms with Crippen molar-refractivity contribution < 1.29 is 4.79 Å². The number of Topliss-reactive ketones (excluding diaryl/α,β-unsaturated/α-hetero) is 1. The van der Waals surface area contributed by atoms with Crippen molar-refractivity contribution in [3.8, 4) is 0 Å². The lowest BCUT2D eigenvalue weighted by atomic mass is 10.2. The number of rotatable bonds is 6. The van der Waals surface area contributed by atoms with Crippen LogP contribution in [0.5, 0.6) is 0 Å². The summed E-state index contributed by atoms with van der Waals surface area (Å²) in [5, 5.41) is 2.78. The van der Waals surface area contributed by atoms with Crippen molar-refractivity contribution >= 4 is 28.5 Å². The van der Waals surface area contributed by atoms with Gasteiger partial charge in [-0.25, -0.2) is 4.98 Å². The fourth-order valence-electron chi connectivity index (χ4n) is 1.63. The van der Waals surface area contributed by atoms with E-state index in [9.17, 15) is 4.79 Å². The summed E-state index contributed by atoms with van der Waals surface area (Å²) in [6.07, 6.45) is 2.23. The van der Waals surface area contributed by atoms with Gasteiger partial charge >= 0.3 is 0 Å². The largest absolute Gasteiger partial charge is 0.330 e. The number of hydrogen-bond acceptors (Lipinski definition) is 5. The number of thiophene rings is 1. The molecule has 18 heavy (non-hydrogen) atoms. The van der Waals surface area contributed by atoms with Crippen LogP contribution in [0.2, 0.25) is 0 Å². The normalized spacial score (nSPS) is 10.8. The topological polar surface area (TPSA) is 56.0 Å². The van der Waals surface area contributed by atoms with Crippen LogP contribution in [0.15, 0.2) is 17.5 Å². The van der Waals surface area contributed by atoms with Gasteiger partial charge in [-0.05, 0) is 25.1 Å². The second-order valence-electron chi connectivity index (χ2n) is 3.99. The minimum absolute atomic E-state index is 0.0963. The highest BCUT2D eigenvalue weighted by atomic mass is 32.1. The van der Waals surface area contributed by atoms with Crippen LogP contribution < -0.4 is 5.73 Å². The van der Waals surface area contributed by atoms with E-state index in [4.69, 9.17) is 5.73 Å². The van der Waals surface area contributed by atoms with E-state index in [-0.39, 0.29) is 5.78 Å². The van der Waals surface area contributed by atoms with Crippen molar-refractivity contribution in [2.24, 2.45) is 5.73 Å². The summed E-state index contributed by atoms with van der Waals surface area (Å²) in [5.41, 5.74) is 6.05. The highest BCUT2D eigenvalue weighted by molar-refractivity contribution is 7.12. The predicted molar refractivity (Wildman–Crippen MR) is 76.6 cm³/mol. The summed E-state index contributed by atoms with van der Waals surface area (Å²) >= 11 is 3.22. The number of thiazole rings is 1. The van der Waals surface area contributed by atoms with Crippen LogP contribution in [0.3, 0.4) is 0 Å². The number of nitrogens with zero attached hydrogens (tertiary/aromatic N) is 1. The third-order valence-corrected chi connectivity index (χ3v) is 4.73. The summed E-state index contributed by atoms with van der Waals surface area (Å²) in [5.74, 6) is 0.0963. The van der Waals surface area contributed by atoms with Crippen LogP contribution in [0.4, 0.5) is 0 Å². The van der Waals surface area contributed by atoms with Gasteiger partial charge in [-0.3, -0.25) is 4.79 Å². The second kappa shape index (κ2) is 6.22. The quantitative estimate of drug-likeness (QED) is 0.828. The standard InChI is InChI=1S/C13H16N2OS2/c1-2-9-3-4-10(18-9)7-12(16)11-8-17-13(15-11)5-6-14/h3-4,8H,2,5-7,14H2,1H3. The average molecular weight is 280 g/mol. The molecule has 0 amide bonds. The van der Waals surface area contributed by atoms with Crippen LogP contribution in [-0.4, -0.2) is 17.3 Å². The maximum Gasteiger partial charge on any atom is 0.187 e. The Balaban J connectivity index is 2.02. The number of ketones is 1. The molecule has 0 saturated carbocycles. The first-order valence-electron chi connectivity index (χ1n) is 5.98. The molecular weight excluding hydrogens is 264 g/mol. The molecule has 96 valence electrons. The van der Waals surface area contributed by atoms with Gasteiger partial charge in [0.2, 0.25) is 0 Å². The SMILES string of the molecule is CCc1ccc(CC(=O)c2csc(CCN)n2)s1. The van der Waals surface area contributed by atoms with Crippen LogP contribution in [0, 0.1) is 0 Å². The second-order valence-corrected chi connectivity index (χ2v) is 6.18. The van der Waals surface area contributed by atoms with E-state index in [0.717, 1.165) is 22.7 Å². The molecule has 0 saturated heterocycles. The zero-order valence-electron chi connectivity index (χ0n) is 10.3. The fraction of sp³-hybridized carbons (Fsp3) is 0.385. The molecule has 0 radical (unpaired) electrons. The van der Waals surface area contributed by atoms with Crippen LogP contribution in [0.1, 0.15) is 32.2 Å². The van der Waals surface area contributed by atoms with Crippen molar-refractivity contribution in [2.75, 3.05) is 6.54 Å². The number of carbonyl (C=O) groups excluding carboxylic acids is 1. The molecule has 0 aliphatic heterocycles. The van der Waals surface area contributed by atoms with E-state index >= 15 is 0 Å². The number of aromatic nitrogens is 1. The summed E-state index contributed by atoms with van der Waals surface area (Å²) < 4.78 is 0. The first kappa shape index (κ1) is 13.4. The molecule has 2 aromatic heterocycles.